The molecule has 1 heteroatoms. The highest BCUT2D eigenvalue weighted by atomic mass is 15.0. The second kappa shape index (κ2) is 4.94. The van der Waals surface area contributed by atoms with Crippen molar-refractivity contribution in [2.24, 2.45) is 17.3 Å². The van der Waals surface area contributed by atoms with Crippen molar-refractivity contribution >= 4 is 0 Å². The van der Waals surface area contributed by atoms with Gasteiger partial charge in [0.1, 0.15) is 0 Å². The predicted octanol–water partition coefficient (Wildman–Crippen LogP) is 4.20. The molecule has 0 spiro atoms. The van der Waals surface area contributed by atoms with Crippen molar-refractivity contribution in [3.05, 3.63) is 35.9 Å². The van der Waals surface area contributed by atoms with Crippen molar-refractivity contribution in [3.63, 3.8) is 0 Å². The molecule has 1 aromatic carbocycles. The highest BCUT2D eigenvalue weighted by molar-refractivity contribution is 5.26. The number of hydrogen-bond acceptors (Lipinski definition) is 1. The summed E-state index contributed by atoms with van der Waals surface area (Å²) in [6, 6.07) is 11.9. The third-order valence-corrected chi connectivity index (χ3v) is 4.90. The maximum absolute atomic E-state index is 3.76. The predicted molar refractivity (Wildman–Crippen MR) is 81.3 cm³/mol. The molecule has 2 aliphatic carbocycles. The smallest absolute Gasteiger partial charge is 0.00683 e. The molecule has 2 saturated carbocycles. The highest BCUT2D eigenvalue weighted by Crippen LogP contribution is 2.55. The Labute approximate surface area is 117 Å². The van der Waals surface area contributed by atoms with Gasteiger partial charge in [0.05, 0.1) is 0 Å². The summed E-state index contributed by atoms with van der Waals surface area (Å²) in [6.45, 7) is 8.44. The lowest BCUT2D eigenvalue weighted by molar-refractivity contribution is 0.200. The molecular formula is C18H27N. The molecule has 19 heavy (non-hydrogen) atoms. The van der Waals surface area contributed by atoms with E-state index in [9.17, 15) is 0 Å². The van der Waals surface area contributed by atoms with Crippen LogP contribution in [0.1, 0.15) is 51.5 Å². The maximum Gasteiger partial charge on any atom is 0.00683 e. The summed E-state index contributed by atoms with van der Waals surface area (Å²) in [4.78, 5) is 0. The van der Waals surface area contributed by atoms with Gasteiger partial charge in [0.15, 0.2) is 0 Å². The largest absolute Gasteiger partial charge is 0.314 e. The number of benzene rings is 1. The lowest BCUT2D eigenvalue weighted by Crippen LogP contribution is -2.34. The number of nitrogens with one attached hydrogen (secondary N) is 1. The molecule has 0 bridgehead atoms. The van der Waals surface area contributed by atoms with E-state index in [0.717, 1.165) is 23.8 Å². The first-order chi connectivity index (χ1) is 9.05. The molecular weight excluding hydrogens is 230 g/mol. The summed E-state index contributed by atoms with van der Waals surface area (Å²) < 4.78 is 0. The molecule has 1 N–H and O–H groups in total. The first kappa shape index (κ1) is 13.2. The van der Waals surface area contributed by atoms with E-state index in [1.165, 1.54) is 25.8 Å². The summed E-state index contributed by atoms with van der Waals surface area (Å²) in [7, 11) is 0. The van der Waals surface area contributed by atoms with Crippen LogP contribution in [0.2, 0.25) is 0 Å². The Balaban J connectivity index is 1.64. The van der Waals surface area contributed by atoms with E-state index in [2.05, 4.69) is 56.4 Å². The standard InChI is InChI=1S/C18H27N/c1-18(2,3)17(12-19-14-9-10-14)16-11-15(16)13-7-5-4-6-8-13/h4-8,14-17,19H,9-12H2,1-3H3. The van der Waals surface area contributed by atoms with Crippen LogP contribution in [0.4, 0.5) is 0 Å². The quantitative estimate of drug-likeness (QED) is 0.833. The average molecular weight is 257 g/mol. The zero-order valence-corrected chi connectivity index (χ0v) is 12.5. The van der Waals surface area contributed by atoms with Gasteiger partial charge < -0.3 is 5.32 Å². The van der Waals surface area contributed by atoms with Crippen LogP contribution >= 0.6 is 0 Å². The molecule has 2 aliphatic rings. The van der Waals surface area contributed by atoms with Crippen molar-refractivity contribution in [3.8, 4) is 0 Å². The first-order valence-corrected chi connectivity index (χ1v) is 7.84. The van der Waals surface area contributed by atoms with Gasteiger partial charge in [0.2, 0.25) is 0 Å². The minimum atomic E-state index is 0.413. The van der Waals surface area contributed by atoms with Crippen LogP contribution in [0.25, 0.3) is 0 Å². The lowest BCUT2D eigenvalue weighted by atomic mass is 9.76. The Hall–Kier alpha value is -0.820. The van der Waals surface area contributed by atoms with Gasteiger partial charge in [-0.15, -0.1) is 0 Å². The highest BCUT2D eigenvalue weighted by Gasteiger charge is 2.47. The summed E-state index contributed by atoms with van der Waals surface area (Å²) >= 11 is 0. The van der Waals surface area contributed by atoms with Crippen molar-refractivity contribution in [1.82, 2.24) is 5.32 Å². The molecule has 0 radical (unpaired) electrons. The summed E-state index contributed by atoms with van der Waals surface area (Å²) in [6.07, 6.45) is 4.17. The fourth-order valence-corrected chi connectivity index (χ4v) is 3.42. The summed E-state index contributed by atoms with van der Waals surface area (Å²) in [5.74, 6) is 2.50. The van der Waals surface area contributed by atoms with E-state index >= 15 is 0 Å². The van der Waals surface area contributed by atoms with Crippen LogP contribution in [0.15, 0.2) is 30.3 Å². The van der Waals surface area contributed by atoms with Crippen molar-refractivity contribution in [2.75, 3.05) is 6.54 Å². The Morgan fingerprint density at radius 1 is 1.16 bits per heavy atom. The Morgan fingerprint density at radius 3 is 2.42 bits per heavy atom. The van der Waals surface area contributed by atoms with E-state index in [0.29, 0.717) is 5.41 Å². The van der Waals surface area contributed by atoms with E-state index in [1.54, 1.807) is 5.56 Å². The van der Waals surface area contributed by atoms with Gasteiger partial charge in [-0.1, -0.05) is 51.1 Å². The lowest BCUT2D eigenvalue weighted by Gasteiger charge is -2.32. The number of hydrogen-bond donors (Lipinski definition) is 1. The Morgan fingerprint density at radius 2 is 1.84 bits per heavy atom. The Kier molecular flexibility index (Phi) is 3.42. The monoisotopic (exact) mass is 257 g/mol. The molecule has 2 fully saturated rings. The third kappa shape index (κ3) is 3.20. The van der Waals surface area contributed by atoms with Crippen molar-refractivity contribution in [1.29, 1.82) is 0 Å². The van der Waals surface area contributed by atoms with Gasteiger partial charge in [0.25, 0.3) is 0 Å². The van der Waals surface area contributed by atoms with Crippen LogP contribution in [0.5, 0.6) is 0 Å². The molecule has 0 amide bonds. The van der Waals surface area contributed by atoms with E-state index in [-0.39, 0.29) is 0 Å². The van der Waals surface area contributed by atoms with Crippen molar-refractivity contribution in [2.45, 2.75) is 52.0 Å². The third-order valence-electron chi connectivity index (χ3n) is 4.90. The minimum absolute atomic E-state index is 0.413. The van der Waals surface area contributed by atoms with E-state index in [1.807, 2.05) is 0 Å². The van der Waals surface area contributed by atoms with Gasteiger partial charge in [-0.25, -0.2) is 0 Å². The molecule has 3 rings (SSSR count). The zero-order valence-electron chi connectivity index (χ0n) is 12.5. The van der Waals surface area contributed by atoms with Gasteiger partial charge in [-0.05, 0) is 54.5 Å². The second-order valence-electron chi connectivity index (χ2n) is 7.57. The molecule has 1 aromatic rings. The molecule has 0 aromatic heterocycles. The molecule has 0 heterocycles. The minimum Gasteiger partial charge on any atom is -0.314 e. The fourth-order valence-electron chi connectivity index (χ4n) is 3.42. The van der Waals surface area contributed by atoms with E-state index in [4.69, 9.17) is 0 Å². The fraction of sp³-hybridized carbons (Fsp3) is 0.667. The average Bonchev–Trinajstić information content (AvgIpc) is 3.23. The SMILES string of the molecule is CC(C)(C)C(CNC1CC1)C1CC1c1ccccc1. The maximum atomic E-state index is 3.76. The second-order valence-corrected chi connectivity index (χ2v) is 7.57. The van der Waals surface area contributed by atoms with Crippen molar-refractivity contribution < 1.29 is 0 Å². The normalized spacial score (nSPS) is 28.2. The molecule has 3 atom stereocenters. The Bertz CT molecular complexity index is 413. The number of rotatable bonds is 5. The topological polar surface area (TPSA) is 12.0 Å². The van der Waals surface area contributed by atoms with Crippen LogP contribution < -0.4 is 5.32 Å². The van der Waals surface area contributed by atoms with Crippen LogP contribution in [-0.2, 0) is 0 Å². The molecule has 0 aliphatic heterocycles. The van der Waals surface area contributed by atoms with Gasteiger partial charge in [0, 0.05) is 6.04 Å². The summed E-state index contributed by atoms with van der Waals surface area (Å²) in [5.41, 5.74) is 1.96. The van der Waals surface area contributed by atoms with Gasteiger partial charge in [-0.2, -0.15) is 0 Å². The molecule has 0 saturated heterocycles. The molecule has 1 nitrogen and oxygen atoms in total. The first-order valence-electron chi connectivity index (χ1n) is 7.84. The van der Waals surface area contributed by atoms with E-state index < -0.39 is 0 Å². The van der Waals surface area contributed by atoms with Gasteiger partial charge >= 0.3 is 0 Å². The van der Waals surface area contributed by atoms with Crippen LogP contribution in [0, 0.1) is 17.3 Å². The van der Waals surface area contributed by atoms with Crippen LogP contribution in [-0.4, -0.2) is 12.6 Å². The summed E-state index contributed by atoms with van der Waals surface area (Å²) in [5, 5.41) is 3.76. The van der Waals surface area contributed by atoms with Gasteiger partial charge in [-0.3, -0.25) is 0 Å². The van der Waals surface area contributed by atoms with Crippen LogP contribution in [0.3, 0.4) is 0 Å². The zero-order chi connectivity index (χ0) is 13.5. The molecule has 3 unspecified atom stereocenters. The molecule has 104 valence electrons.